The Hall–Kier alpha value is -0.470. The van der Waals surface area contributed by atoms with Gasteiger partial charge in [-0.05, 0) is 47.2 Å². The van der Waals surface area contributed by atoms with Gasteiger partial charge in [0.1, 0.15) is 0 Å². The lowest BCUT2D eigenvalue weighted by molar-refractivity contribution is 0.457. The van der Waals surface area contributed by atoms with E-state index in [0.29, 0.717) is 10.8 Å². The van der Waals surface area contributed by atoms with Gasteiger partial charge in [-0.3, -0.25) is 0 Å². The molecule has 100 valence electrons. The largest absolute Gasteiger partial charge is 0.312 e. The second-order valence-corrected chi connectivity index (χ2v) is 7.35. The van der Waals surface area contributed by atoms with Gasteiger partial charge in [0.05, 0.1) is 0 Å². The highest BCUT2D eigenvalue weighted by Gasteiger charge is 2.63. The van der Waals surface area contributed by atoms with Crippen molar-refractivity contribution in [3.8, 4) is 0 Å². The van der Waals surface area contributed by atoms with Crippen LogP contribution in [0.5, 0.6) is 0 Å². The fraction of sp³-hybridized carbons (Fsp3) is 0.625. The predicted octanol–water partition coefficient (Wildman–Crippen LogP) is 4.18. The maximum atomic E-state index is 3.61. The SMILES string of the molecule is CSc1ccc(CNCC2C(C)(C)C2(C)C)cc1. The molecule has 0 radical (unpaired) electrons. The second kappa shape index (κ2) is 4.90. The van der Waals surface area contributed by atoms with Crippen LogP contribution in [-0.2, 0) is 6.54 Å². The van der Waals surface area contributed by atoms with E-state index in [1.165, 1.54) is 10.5 Å². The molecule has 0 amide bonds. The maximum Gasteiger partial charge on any atom is 0.0205 e. The molecule has 0 heterocycles. The smallest absolute Gasteiger partial charge is 0.0205 e. The van der Waals surface area contributed by atoms with Crippen molar-refractivity contribution in [2.75, 3.05) is 12.8 Å². The van der Waals surface area contributed by atoms with E-state index < -0.39 is 0 Å². The van der Waals surface area contributed by atoms with Crippen molar-refractivity contribution >= 4 is 11.8 Å². The number of hydrogen-bond acceptors (Lipinski definition) is 2. The molecule has 1 aromatic rings. The van der Waals surface area contributed by atoms with Gasteiger partial charge in [-0.25, -0.2) is 0 Å². The Bertz CT molecular complexity index is 392. The first-order valence-corrected chi connectivity index (χ1v) is 7.95. The van der Waals surface area contributed by atoms with E-state index in [0.717, 1.165) is 19.0 Å². The van der Waals surface area contributed by atoms with Gasteiger partial charge in [0, 0.05) is 11.4 Å². The first-order valence-electron chi connectivity index (χ1n) is 6.73. The topological polar surface area (TPSA) is 12.0 Å². The lowest BCUT2D eigenvalue weighted by atomic mass is 10.0. The molecule has 2 heteroatoms. The highest BCUT2D eigenvalue weighted by molar-refractivity contribution is 7.98. The minimum Gasteiger partial charge on any atom is -0.312 e. The molecule has 1 aliphatic rings. The summed E-state index contributed by atoms with van der Waals surface area (Å²) in [5, 5.41) is 3.61. The fourth-order valence-electron chi connectivity index (χ4n) is 2.95. The highest BCUT2D eigenvalue weighted by atomic mass is 32.2. The third-order valence-electron chi connectivity index (χ3n) is 5.16. The number of thioether (sulfide) groups is 1. The van der Waals surface area contributed by atoms with Crippen molar-refractivity contribution in [1.82, 2.24) is 5.32 Å². The standard InChI is InChI=1S/C16H25NS/c1-15(2)14(16(15,3)4)11-17-10-12-6-8-13(18-5)9-7-12/h6-9,14,17H,10-11H2,1-5H3. The summed E-state index contributed by atoms with van der Waals surface area (Å²) >= 11 is 1.80. The third-order valence-corrected chi connectivity index (χ3v) is 5.90. The average molecular weight is 263 g/mol. The van der Waals surface area contributed by atoms with Gasteiger partial charge in [-0.1, -0.05) is 39.8 Å². The van der Waals surface area contributed by atoms with E-state index in [2.05, 4.69) is 63.5 Å². The van der Waals surface area contributed by atoms with Gasteiger partial charge in [0.15, 0.2) is 0 Å². The first-order chi connectivity index (χ1) is 8.39. The van der Waals surface area contributed by atoms with Crippen molar-refractivity contribution in [2.45, 2.75) is 39.1 Å². The molecule has 0 aliphatic heterocycles. The fourth-order valence-corrected chi connectivity index (χ4v) is 3.36. The highest BCUT2D eigenvalue weighted by Crippen LogP contribution is 2.67. The lowest BCUT2D eigenvalue weighted by Crippen LogP contribution is -2.18. The summed E-state index contributed by atoms with van der Waals surface area (Å²) in [6.45, 7) is 11.6. The molecule has 0 spiro atoms. The molecule has 1 nitrogen and oxygen atoms in total. The number of nitrogens with one attached hydrogen (secondary N) is 1. The molecular formula is C16H25NS. The molecule has 0 unspecified atom stereocenters. The molecule has 0 atom stereocenters. The Morgan fingerprint density at radius 3 is 2.06 bits per heavy atom. The molecule has 1 saturated carbocycles. The lowest BCUT2D eigenvalue weighted by Gasteiger charge is -2.07. The van der Waals surface area contributed by atoms with E-state index in [4.69, 9.17) is 0 Å². The molecule has 0 aromatic heterocycles. The van der Waals surface area contributed by atoms with Crippen LogP contribution in [0.2, 0.25) is 0 Å². The summed E-state index contributed by atoms with van der Waals surface area (Å²) in [7, 11) is 0. The molecular weight excluding hydrogens is 238 g/mol. The van der Waals surface area contributed by atoms with Crippen LogP contribution in [0.15, 0.2) is 29.2 Å². The van der Waals surface area contributed by atoms with Gasteiger partial charge in [-0.15, -0.1) is 11.8 Å². The molecule has 1 aromatic carbocycles. The molecule has 18 heavy (non-hydrogen) atoms. The summed E-state index contributed by atoms with van der Waals surface area (Å²) in [6.07, 6.45) is 2.12. The zero-order valence-electron chi connectivity index (χ0n) is 12.2. The van der Waals surface area contributed by atoms with E-state index in [1.54, 1.807) is 11.8 Å². The minimum atomic E-state index is 0.489. The van der Waals surface area contributed by atoms with Crippen LogP contribution >= 0.6 is 11.8 Å². The maximum absolute atomic E-state index is 3.61. The Balaban J connectivity index is 1.79. The Morgan fingerprint density at radius 1 is 1.06 bits per heavy atom. The third kappa shape index (κ3) is 2.46. The van der Waals surface area contributed by atoms with Crippen LogP contribution in [0.25, 0.3) is 0 Å². The van der Waals surface area contributed by atoms with E-state index in [1.807, 2.05) is 0 Å². The Labute approximate surface area is 116 Å². The zero-order chi connectivity index (χ0) is 13.4. The van der Waals surface area contributed by atoms with Gasteiger partial charge < -0.3 is 5.32 Å². The van der Waals surface area contributed by atoms with Crippen molar-refractivity contribution < 1.29 is 0 Å². The van der Waals surface area contributed by atoms with Gasteiger partial charge in [0.2, 0.25) is 0 Å². The number of hydrogen-bond donors (Lipinski definition) is 1. The molecule has 1 fully saturated rings. The van der Waals surface area contributed by atoms with Crippen LogP contribution < -0.4 is 5.32 Å². The summed E-state index contributed by atoms with van der Waals surface area (Å²) in [4.78, 5) is 1.34. The van der Waals surface area contributed by atoms with Gasteiger partial charge in [-0.2, -0.15) is 0 Å². The van der Waals surface area contributed by atoms with Crippen LogP contribution in [0, 0.1) is 16.7 Å². The Kier molecular flexibility index (Phi) is 3.80. The molecule has 0 bridgehead atoms. The normalized spacial score (nSPS) is 20.9. The summed E-state index contributed by atoms with van der Waals surface area (Å²) in [5.74, 6) is 0.801. The van der Waals surface area contributed by atoms with Crippen LogP contribution in [0.1, 0.15) is 33.3 Å². The summed E-state index contributed by atoms with van der Waals surface area (Å²) < 4.78 is 0. The van der Waals surface area contributed by atoms with E-state index >= 15 is 0 Å². The predicted molar refractivity (Wildman–Crippen MR) is 81.0 cm³/mol. The van der Waals surface area contributed by atoms with Gasteiger partial charge >= 0.3 is 0 Å². The van der Waals surface area contributed by atoms with Crippen LogP contribution in [0.3, 0.4) is 0 Å². The minimum absolute atomic E-state index is 0.489. The second-order valence-electron chi connectivity index (χ2n) is 6.47. The molecule has 2 rings (SSSR count). The molecule has 1 N–H and O–H groups in total. The molecule has 0 saturated heterocycles. The number of rotatable bonds is 5. The van der Waals surface area contributed by atoms with Crippen LogP contribution in [0.4, 0.5) is 0 Å². The van der Waals surface area contributed by atoms with Crippen molar-refractivity contribution in [3.63, 3.8) is 0 Å². The van der Waals surface area contributed by atoms with Crippen LogP contribution in [-0.4, -0.2) is 12.8 Å². The van der Waals surface area contributed by atoms with E-state index in [9.17, 15) is 0 Å². The van der Waals surface area contributed by atoms with Gasteiger partial charge in [0.25, 0.3) is 0 Å². The summed E-state index contributed by atoms with van der Waals surface area (Å²) in [6, 6.07) is 8.85. The van der Waals surface area contributed by atoms with E-state index in [-0.39, 0.29) is 0 Å². The van der Waals surface area contributed by atoms with Crippen molar-refractivity contribution in [1.29, 1.82) is 0 Å². The zero-order valence-corrected chi connectivity index (χ0v) is 13.0. The molecule has 1 aliphatic carbocycles. The van der Waals surface area contributed by atoms with Crippen molar-refractivity contribution in [2.24, 2.45) is 16.7 Å². The van der Waals surface area contributed by atoms with Crippen molar-refractivity contribution in [3.05, 3.63) is 29.8 Å². The monoisotopic (exact) mass is 263 g/mol. The quantitative estimate of drug-likeness (QED) is 0.800. The summed E-state index contributed by atoms with van der Waals surface area (Å²) in [5.41, 5.74) is 2.36. The number of benzene rings is 1. The average Bonchev–Trinajstić information content (AvgIpc) is 2.72. The first kappa shape index (κ1) is 14.0. The Morgan fingerprint density at radius 2 is 1.61 bits per heavy atom.